The number of rotatable bonds is 3. The van der Waals surface area contributed by atoms with Crippen LogP contribution in [0.1, 0.15) is 18.4 Å². The topological polar surface area (TPSA) is 77.1 Å². The van der Waals surface area contributed by atoms with Crippen LogP contribution in [0.25, 0.3) is 0 Å². The maximum Gasteiger partial charge on any atom is 0.410 e. The van der Waals surface area contributed by atoms with Crippen molar-refractivity contribution in [1.82, 2.24) is 10.2 Å². The minimum absolute atomic E-state index is 0.0933. The largest absolute Gasteiger partial charge is 0.490 e. The van der Waals surface area contributed by atoms with E-state index in [2.05, 4.69) is 5.32 Å². The molecular weight excluding hydrogens is 312 g/mol. The van der Waals surface area contributed by atoms with E-state index in [1.807, 2.05) is 31.2 Å². The number of aryl methyl sites for hydroxylation is 1. The molecule has 4 rings (SSSR count). The van der Waals surface area contributed by atoms with Gasteiger partial charge in [-0.15, -0.1) is 0 Å². The summed E-state index contributed by atoms with van der Waals surface area (Å²) in [5, 5.41) is 2.74. The minimum Gasteiger partial charge on any atom is -0.490 e. The van der Waals surface area contributed by atoms with Gasteiger partial charge in [0.25, 0.3) is 0 Å². The summed E-state index contributed by atoms with van der Waals surface area (Å²) in [6.07, 6.45) is 0.657. The third-order valence-electron chi connectivity index (χ3n) is 4.73. The molecule has 0 radical (unpaired) electrons. The van der Waals surface area contributed by atoms with E-state index in [1.165, 1.54) is 5.56 Å². The fourth-order valence-electron chi connectivity index (χ4n) is 3.21. The quantitative estimate of drug-likeness (QED) is 0.914. The fraction of sp³-hybridized carbons (Fsp3) is 0.529. The van der Waals surface area contributed by atoms with Crippen molar-refractivity contribution >= 4 is 12.2 Å². The van der Waals surface area contributed by atoms with Gasteiger partial charge in [0, 0.05) is 12.8 Å². The van der Waals surface area contributed by atoms with Gasteiger partial charge < -0.3 is 24.4 Å². The van der Waals surface area contributed by atoms with Gasteiger partial charge in [0.1, 0.15) is 30.1 Å². The Morgan fingerprint density at radius 1 is 1.25 bits per heavy atom. The lowest BCUT2D eigenvalue weighted by Crippen LogP contribution is -2.70. The average molecular weight is 332 g/mol. The maximum atomic E-state index is 12.1. The van der Waals surface area contributed by atoms with Gasteiger partial charge >= 0.3 is 12.2 Å². The van der Waals surface area contributed by atoms with E-state index < -0.39 is 11.6 Å². The number of hydrogen-bond acceptors (Lipinski definition) is 5. The molecule has 128 valence electrons. The number of nitrogens with one attached hydrogen (secondary N) is 1. The van der Waals surface area contributed by atoms with Crippen molar-refractivity contribution in [2.45, 2.75) is 37.5 Å². The number of cyclic esters (lactones) is 1. The first-order valence-electron chi connectivity index (χ1n) is 8.15. The van der Waals surface area contributed by atoms with Crippen LogP contribution < -0.4 is 10.1 Å². The Morgan fingerprint density at radius 3 is 2.58 bits per heavy atom. The lowest BCUT2D eigenvalue weighted by atomic mass is 9.91. The van der Waals surface area contributed by atoms with E-state index in [9.17, 15) is 9.59 Å². The number of benzene rings is 1. The number of likely N-dealkylation sites (tertiary alicyclic amines) is 1. The summed E-state index contributed by atoms with van der Waals surface area (Å²) in [7, 11) is 0. The second kappa shape index (κ2) is 5.58. The molecule has 1 aromatic rings. The molecular formula is C17H20N2O5. The van der Waals surface area contributed by atoms with E-state index >= 15 is 0 Å². The number of nitrogens with zero attached hydrogens (tertiary/aromatic N) is 1. The summed E-state index contributed by atoms with van der Waals surface area (Å²) >= 11 is 0. The second-order valence-electron chi connectivity index (χ2n) is 6.87. The summed E-state index contributed by atoms with van der Waals surface area (Å²) in [4.78, 5) is 24.7. The number of carbonyl (C=O) groups excluding carboxylic acids is 2. The summed E-state index contributed by atoms with van der Waals surface area (Å²) < 4.78 is 16.2. The van der Waals surface area contributed by atoms with Crippen LogP contribution in [0.2, 0.25) is 0 Å². The molecule has 1 saturated carbocycles. The van der Waals surface area contributed by atoms with Crippen LogP contribution in [0.5, 0.6) is 5.75 Å². The Balaban J connectivity index is 1.18. The number of amides is 2. The summed E-state index contributed by atoms with van der Waals surface area (Å²) in [5.41, 5.74) is 0.784. The van der Waals surface area contributed by atoms with Gasteiger partial charge in [0.15, 0.2) is 0 Å². The highest BCUT2D eigenvalue weighted by Gasteiger charge is 2.52. The van der Waals surface area contributed by atoms with E-state index in [-0.39, 0.29) is 18.3 Å². The Hall–Kier alpha value is -2.44. The molecule has 7 nitrogen and oxygen atoms in total. The molecule has 0 unspecified atom stereocenters. The molecule has 0 bridgehead atoms. The zero-order valence-electron chi connectivity index (χ0n) is 13.5. The molecule has 0 aromatic heterocycles. The molecule has 24 heavy (non-hydrogen) atoms. The maximum absolute atomic E-state index is 12.1. The summed E-state index contributed by atoms with van der Waals surface area (Å²) in [6, 6.07) is 7.92. The van der Waals surface area contributed by atoms with E-state index in [0.717, 1.165) is 5.75 Å². The SMILES string of the molecule is Cc1ccc(OC2CC(OC(=O)N3CC4(COC(=O)N4)C3)C2)cc1. The molecule has 1 N–H and O–H groups in total. The third-order valence-corrected chi connectivity index (χ3v) is 4.73. The van der Waals surface area contributed by atoms with E-state index in [1.54, 1.807) is 4.90 Å². The van der Waals surface area contributed by atoms with Crippen LogP contribution in [0.4, 0.5) is 9.59 Å². The Kier molecular flexibility index (Phi) is 3.51. The predicted molar refractivity (Wildman–Crippen MR) is 83.9 cm³/mol. The van der Waals surface area contributed by atoms with Crippen LogP contribution in [0.3, 0.4) is 0 Å². The Bertz CT molecular complexity index is 647. The molecule has 2 amide bonds. The van der Waals surface area contributed by atoms with E-state index in [0.29, 0.717) is 32.5 Å². The van der Waals surface area contributed by atoms with Gasteiger partial charge in [-0.25, -0.2) is 9.59 Å². The van der Waals surface area contributed by atoms with Crippen molar-refractivity contribution in [1.29, 1.82) is 0 Å². The first kappa shape index (κ1) is 15.1. The lowest BCUT2D eigenvalue weighted by Gasteiger charge is -2.46. The fourth-order valence-corrected chi connectivity index (χ4v) is 3.21. The van der Waals surface area contributed by atoms with Gasteiger partial charge in [-0.3, -0.25) is 0 Å². The lowest BCUT2D eigenvalue weighted by molar-refractivity contribution is -0.0500. The number of ether oxygens (including phenoxy) is 3. The third kappa shape index (κ3) is 2.86. The summed E-state index contributed by atoms with van der Waals surface area (Å²) in [6.45, 7) is 3.22. The first-order chi connectivity index (χ1) is 11.5. The first-order valence-corrected chi connectivity index (χ1v) is 8.15. The van der Waals surface area contributed by atoms with Gasteiger partial charge in [0.05, 0.1) is 13.1 Å². The van der Waals surface area contributed by atoms with Crippen molar-refractivity contribution in [3.63, 3.8) is 0 Å². The van der Waals surface area contributed by atoms with Crippen molar-refractivity contribution < 1.29 is 23.8 Å². The van der Waals surface area contributed by atoms with Crippen LogP contribution in [0.15, 0.2) is 24.3 Å². The average Bonchev–Trinajstić information content (AvgIpc) is 2.88. The summed E-state index contributed by atoms with van der Waals surface area (Å²) in [5.74, 6) is 0.844. The van der Waals surface area contributed by atoms with Gasteiger partial charge in [-0.1, -0.05) is 17.7 Å². The van der Waals surface area contributed by atoms with Gasteiger partial charge in [-0.05, 0) is 19.1 Å². The zero-order valence-corrected chi connectivity index (χ0v) is 13.5. The van der Waals surface area contributed by atoms with Crippen LogP contribution in [-0.4, -0.2) is 54.5 Å². The van der Waals surface area contributed by atoms with E-state index in [4.69, 9.17) is 14.2 Å². The molecule has 2 saturated heterocycles. The standard InChI is InChI=1S/C17H20N2O5/c1-11-2-4-12(5-3-11)23-13-6-14(7-13)24-16(21)19-8-17(9-19)10-22-15(20)18-17/h2-5,13-14H,6-10H2,1H3,(H,18,20). The zero-order chi connectivity index (χ0) is 16.7. The predicted octanol–water partition coefficient (Wildman–Crippen LogP) is 1.84. The Labute approximate surface area is 139 Å². The highest BCUT2D eigenvalue weighted by Crippen LogP contribution is 2.31. The second-order valence-corrected chi connectivity index (χ2v) is 6.87. The molecule has 3 aliphatic rings. The molecule has 2 heterocycles. The Morgan fingerprint density at radius 2 is 1.96 bits per heavy atom. The highest BCUT2D eigenvalue weighted by atomic mass is 16.6. The van der Waals surface area contributed by atoms with Crippen molar-refractivity contribution in [2.24, 2.45) is 0 Å². The molecule has 7 heteroatoms. The van der Waals surface area contributed by atoms with Crippen molar-refractivity contribution in [3.05, 3.63) is 29.8 Å². The van der Waals surface area contributed by atoms with Crippen molar-refractivity contribution in [3.8, 4) is 5.75 Å². The van der Waals surface area contributed by atoms with Crippen molar-refractivity contribution in [2.75, 3.05) is 19.7 Å². The monoisotopic (exact) mass is 332 g/mol. The molecule has 0 atom stereocenters. The highest BCUT2D eigenvalue weighted by molar-refractivity contribution is 5.74. The molecule has 1 aliphatic carbocycles. The van der Waals surface area contributed by atoms with Crippen LogP contribution >= 0.6 is 0 Å². The molecule has 1 aromatic carbocycles. The van der Waals surface area contributed by atoms with Gasteiger partial charge in [-0.2, -0.15) is 0 Å². The number of carbonyl (C=O) groups is 2. The smallest absolute Gasteiger partial charge is 0.410 e. The number of alkyl carbamates (subject to hydrolysis) is 1. The minimum atomic E-state index is -0.418. The molecule has 1 spiro atoms. The molecule has 3 fully saturated rings. The number of hydrogen-bond donors (Lipinski definition) is 1. The normalized spacial score (nSPS) is 26.9. The van der Waals surface area contributed by atoms with Gasteiger partial charge in [0.2, 0.25) is 0 Å². The van der Waals surface area contributed by atoms with Crippen LogP contribution in [0, 0.1) is 6.92 Å². The van der Waals surface area contributed by atoms with Crippen LogP contribution in [-0.2, 0) is 9.47 Å². The molecule has 2 aliphatic heterocycles.